The van der Waals surface area contributed by atoms with Crippen molar-refractivity contribution in [2.45, 2.75) is 19.4 Å². The fourth-order valence-electron chi connectivity index (χ4n) is 2.40. The van der Waals surface area contributed by atoms with Crippen LogP contribution in [-0.2, 0) is 6.42 Å². The van der Waals surface area contributed by atoms with Crippen molar-refractivity contribution in [2.24, 2.45) is 0 Å². The third kappa shape index (κ3) is 3.29. The van der Waals surface area contributed by atoms with E-state index in [-0.39, 0.29) is 11.9 Å². The van der Waals surface area contributed by atoms with Gasteiger partial charge < -0.3 is 5.32 Å². The maximum atomic E-state index is 13.4. The van der Waals surface area contributed by atoms with Crippen molar-refractivity contribution in [2.75, 3.05) is 6.54 Å². The Labute approximate surface area is 136 Å². The zero-order chi connectivity index (χ0) is 14.8. The molecule has 3 aromatic rings. The largest absolute Gasteiger partial charge is 0.309 e. The molecule has 0 radical (unpaired) electrons. The van der Waals surface area contributed by atoms with Crippen LogP contribution in [0, 0.1) is 5.82 Å². The summed E-state index contributed by atoms with van der Waals surface area (Å²) < 4.78 is 16.0. The molecule has 5 heteroatoms. The molecule has 0 amide bonds. The van der Waals surface area contributed by atoms with E-state index in [4.69, 9.17) is 11.6 Å². The lowest BCUT2D eigenvalue weighted by molar-refractivity contribution is 0.555. The highest BCUT2D eigenvalue weighted by Crippen LogP contribution is 2.35. The second kappa shape index (κ2) is 6.44. The van der Waals surface area contributed by atoms with Crippen molar-refractivity contribution in [3.8, 4) is 0 Å². The van der Waals surface area contributed by atoms with Gasteiger partial charge in [0.05, 0.1) is 0 Å². The quantitative estimate of drug-likeness (QED) is 0.633. The summed E-state index contributed by atoms with van der Waals surface area (Å²) in [6.07, 6.45) is 0.693. The van der Waals surface area contributed by atoms with Crippen LogP contribution in [0.4, 0.5) is 4.39 Å². The van der Waals surface area contributed by atoms with Crippen LogP contribution in [0.2, 0.25) is 5.02 Å². The van der Waals surface area contributed by atoms with E-state index in [1.807, 2.05) is 0 Å². The van der Waals surface area contributed by atoms with Crippen LogP contribution in [0.3, 0.4) is 0 Å². The highest BCUT2D eigenvalue weighted by Gasteiger charge is 2.16. The van der Waals surface area contributed by atoms with Crippen LogP contribution in [0.1, 0.15) is 23.4 Å². The predicted octanol–water partition coefficient (Wildman–Crippen LogP) is 5.65. The smallest absolute Gasteiger partial charge is 0.123 e. The molecule has 0 fully saturated rings. The molecule has 1 nitrogen and oxygen atoms in total. The number of benzene rings is 1. The zero-order valence-corrected chi connectivity index (χ0v) is 13.9. The fourth-order valence-corrected chi connectivity index (χ4v) is 4.79. The maximum absolute atomic E-state index is 13.4. The SMILES string of the molecule is CCNC(Cc1cc(F)ccc1Cl)c1cc2sccc2s1. The number of fused-ring (bicyclic) bond motifs is 1. The molecule has 0 spiro atoms. The van der Waals surface area contributed by atoms with Gasteiger partial charge in [-0.15, -0.1) is 22.7 Å². The maximum Gasteiger partial charge on any atom is 0.123 e. The van der Waals surface area contributed by atoms with Gasteiger partial charge in [0.25, 0.3) is 0 Å². The highest BCUT2D eigenvalue weighted by molar-refractivity contribution is 7.26. The molecule has 0 saturated heterocycles. The minimum absolute atomic E-state index is 0.166. The Balaban J connectivity index is 1.90. The van der Waals surface area contributed by atoms with Crippen molar-refractivity contribution in [1.29, 1.82) is 0 Å². The van der Waals surface area contributed by atoms with Gasteiger partial charge >= 0.3 is 0 Å². The Morgan fingerprint density at radius 1 is 1.24 bits per heavy atom. The van der Waals surface area contributed by atoms with Gasteiger partial charge in [0.15, 0.2) is 0 Å². The number of thiophene rings is 2. The number of likely N-dealkylation sites (N-methyl/N-ethyl adjacent to an activating group) is 1. The van der Waals surface area contributed by atoms with E-state index in [1.54, 1.807) is 28.7 Å². The van der Waals surface area contributed by atoms with E-state index in [9.17, 15) is 4.39 Å². The van der Waals surface area contributed by atoms with Gasteiger partial charge in [0.2, 0.25) is 0 Å². The van der Waals surface area contributed by atoms with E-state index in [0.717, 1.165) is 12.1 Å². The number of hydrogen-bond acceptors (Lipinski definition) is 3. The molecule has 110 valence electrons. The molecule has 0 saturated carbocycles. The third-order valence-electron chi connectivity index (χ3n) is 3.38. The summed E-state index contributed by atoms with van der Waals surface area (Å²) in [6, 6.07) is 9.09. The topological polar surface area (TPSA) is 12.0 Å². The summed E-state index contributed by atoms with van der Waals surface area (Å²) in [5.41, 5.74) is 0.847. The van der Waals surface area contributed by atoms with Gasteiger partial charge in [-0.1, -0.05) is 18.5 Å². The van der Waals surface area contributed by atoms with Gasteiger partial charge in [-0.2, -0.15) is 0 Å². The van der Waals surface area contributed by atoms with E-state index < -0.39 is 0 Å². The van der Waals surface area contributed by atoms with Gasteiger partial charge in [0.1, 0.15) is 5.82 Å². The first-order valence-electron chi connectivity index (χ1n) is 6.81. The summed E-state index contributed by atoms with van der Waals surface area (Å²) in [4.78, 5) is 1.28. The average molecular weight is 340 g/mol. The van der Waals surface area contributed by atoms with E-state index >= 15 is 0 Å². The number of nitrogens with one attached hydrogen (secondary N) is 1. The molecule has 1 aromatic carbocycles. The highest BCUT2D eigenvalue weighted by atomic mass is 35.5. The lowest BCUT2D eigenvalue weighted by Gasteiger charge is -2.17. The molecule has 0 bridgehead atoms. The van der Waals surface area contributed by atoms with Crippen LogP contribution in [0.5, 0.6) is 0 Å². The van der Waals surface area contributed by atoms with Crippen molar-refractivity contribution >= 4 is 43.7 Å². The number of hydrogen-bond donors (Lipinski definition) is 1. The minimum Gasteiger partial charge on any atom is -0.309 e. The first-order chi connectivity index (χ1) is 10.2. The summed E-state index contributed by atoms with van der Waals surface area (Å²) in [5, 5.41) is 6.21. The molecule has 0 aliphatic rings. The Morgan fingerprint density at radius 2 is 2.10 bits per heavy atom. The molecular formula is C16H15ClFNS2. The first kappa shape index (κ1) is 15.0. The normalized spacial score (nSPS) is 12.9. The van der Waals surface area contributed by atoms with Crippen molar-refractivity contribution in [1.82, 2.24) is 5.32 Å². The van der Waals surface area contributed by atoms with Crippen LogP contribution in [0.15, 0.2) is 35.7 Å². The van der Waals surface area contributed by atoms with E-state index in [1.165, 1.54) is 26.4 Å². The van der Waals surface area contributed by atoms with E-state index in [0.29, 0.717) is 11.4 Å². The Morgan fingerprint density at radius 3 is 2.86 bits per heavy atom. The van der Waals surface area contributed by atoms with Gasteiger partial charge in [-0.25, -0.2) is 4.39 Å². The lowest BCUT2D eigenvalue weighted by atomic mass is 10.0. The summed E-state index contributed by atoms with van der Waals surface area (Å²) in [7, 11) is 0. The molecule has 2 aromatic heterocycles. The third-order valence-corrected chi connectivity index (χ3v) is 5.96. The molecule has 1 unspecified atom stereocenters. The molecule has 2 heterocycles. The number of halogens is 2. The van der Waals surface area contributed by atoms with Gasteiger partial charge in [0, 0.05) is 25.3 Å². The number of rotatable bonds is 5. The minimum atomic E-state index is -0.239. The predicted molar refractivity (Wildman–Crippen MR) is 91.2 cm³/mol. The fraction of sp³-hybridized carbons (Fsp3) is 0.250. The molecule has 0 aliphatic heterocycles. The zero-order valence-electron chi connectivity index (χ0n) is 11.5. The van der Waals surface area contributed by atoms with Crippen LogP contribution in [-0.4, -0.2) is 6.54 Å². The molecular weight excluding hydrogens is 325 g/mol. The monoisotopic (exact) mass is 339 g/mol. The van der Waals surface area contributed by atoms with E-state index in [2.05, 4.69) is 29.8 Å². The second-order valence-electron chi connectivity index (χ2n) is 4.85. The Hall–Kier alpha value is -0.940. The van der Waals surface area contributed by atoms with Crippen molar-refractivity contribution in [3.05, 3.63) is 57.0 Å². The Bertz CT molecular complexity index is 721. The standard InChI is InChI=1S/C16H15ClFNS2/c1-2-19-13(8-10-7-11(18)3-4-12(10)17)15-9-16-14(21-15)5-6-20-16/h3-7,9,13,19H,2,8H2,1H3. The summed E-state index contributed by atoms with van der Waals surface area (Å²) in [6.45, 7) is 2.94. The Kier molecular flexibility index (Phi) is 4.60. The first-order valence-corrected chi connectivity index (χ1v) is 8.89. The molecule has 0 aliphatic carbocycles. The molecule has 3 rings (SSSR count). The summed E-state index contributed by atoms with van der Waals surface area (Å²) >= 11 is 9.74. The average Bonchev–Trinajstić information content (AvgIpc) is 3.03. The van der Waals surface area contributed by atoms with Crippen LogP contribution >= 0.6 is 34.3 Å². The van der Waals surface area contributed by atoms with Crippen LogP contribution < -0.4 is 5.32 Å². The second-order valence-corrected chi connectivity index (χ2v) is 7.32. The van der Waals surface area contributed by atoms with Gasteiger partial charge in [-0.05, 0) is 54.2 Å². The van der Waals surface area contributed by atoms with Crippen molar-refractivity contribution < 1.29 is 4.39 Å². The molecule has 1 N–H and O–H groups in total. The molecule has 1 atom stereocenters. The molecule has 21 heavy (non-hydrogen) atoms. The van der Waals surface area contributed by atoms with Gasteiger partial charge in [-0.3, -0.25) is 0 Å². The van der Waals surface area contributed by atoms with Crippen molar-refractivity contribution in [3.63, 3.8) is 0 Å². The lowest BCUT2D eigenvalue weighted by Crippen LogP contribution is -2.22. The van der Waals surface area contributed by atoms with Crippen LogP contribution in [0.25, 0.3) is 9.40 Å². The summed E-state index contributed by atoms with van der Waals surface area (Å²) in [5.74, 6) is -0.239.